The number of benzene rings is 1. The summed E-state index contributed by atoms with van der Waals surface area (Å²) in [6.45, 7) is 0. The Morgan fingerprint density at radius 3 is 2.35 bits per heavy atom. The van der Waals surface area contributed by atoms with Crippen molar-refractivity contribution in [3.05, 3.63) is 40.0 Å². The molecule has 0 aliphatic heterocycles. The van der Waals surface area contributed by atoms with Crippen LogP contribution in [0, 0.1) is 0 Å². The van der Waals surface area contributed by atoms with Gasteiger partial charge in [-0.1, -0.05) is 29.3 Å². The Balaban J connectivity index is 2.66. The fourth-order valence-corrected chi connectivity index (χ4v) is 1.97. The van der Waals surface area contributed by atoms with Crippen molar-refractivity contribution >= 4 is 34.9 Å². The number of rotatable bonds is 2. The Hall–Kier alpha value is -1.72. The van der Waals surface area contributed by atoms with Gasteiger partial charge < -0.3 is 11.5 Å². The molecular formula is C10H8Cl2N4O. The van der Waals surface area contributed by atoms with Crippen LogP contribution >= 0.6 is 23.2 Å². The molecule has 0 saturated carbocycles. The van der Waals surface area contributed by atoms with E-state index in [1.54, 1.807) is 18.2 Å². The summed E-state index contributed by atoms with van der Waals surface area (Å²) in [6, 6.07) is 4.99. The molecule has 1 amide bonds. The highest BCUT2D eigenvalue weighted by Gasteiger charge is 2.16. The molecule has 2 aromatic rings. The maximum absolute atomic E-state index is 11.1. The molecule has 0 unspecified atom stereocenters. The van der Waals surface area contributed by atoms with Crippen LogP contribution in [0.3, 0.4) is 0 Å². The summed E-state index contributed by atoms with van der Waals surface area (Å²) in [4.78, 5) is 11.1. The van der Waals surface area contributed by atoms with E-state index < -0.39 is 5.91 Å². The van der Waals surface area contributed by atoms with E-state index in [0.717, 1.165) is 0 Å². The lowest BCUT2D eigenvalue weighted by atomic mass is 10.3. The summed E-state index contributed by atoms with van der Waals surface area (Å²) in [5.74, 6) is -0.551. The van der Waals surface area contributed by atoms with Crippen LogP contribution in [-0.4, -0.2) is 15.7 Å². The van der Waals surface area contributed by atoms with Gasteiger partial charge in [0.2, 0.25) is 0 Å². The van der Waals surface area contributed by atoms with Gasteiger partial charge in [0.15, 0.2) is 0 Å². The van der Waals surface area contributed by atoms with Crippen molar-refractivity contribution in [1.29, 1.82) is 0 Å². The molecule has 0 aliphatic rings. The van der Waals surface area contributed by atoms with Crippen LogP contribution in [0.1, 0.15) is 10.4 Å². The number of nitrogen functional groups attached to an aromatic ring is 1. The van der Waals surface area contributed by atoms with Crippen LogP contribution < -0.4 is 11.5 Å². The molecule has 1 aromatic carbocycles. The molecule has 2 rings (SSSR count). The molecule has 7 heteroatoms. The fourth-order valence-electron chi connectivity index (χ4n) is 1.42. The number of amides is 1. The summed E-state index contributed by atoms with van der Waals surface area (Å²) in [5.41, 5.74) is 11.4. The summed E-state index contributed by atoms with van der Waals surface area (Å²) in [5, 5.41) is 4.71. The number of para-hydroxylation sites is 1. The van der Waals surface area contributed by atoms with Crippen LogP contribution in [0.5, 0.6) is 0 Å². The van der Waals surface area contributed by atoms with Crippen molar-refractivity contribution in [2.75, 3.05) is 5.73 Å². The number of halogens is 2. The van der Waals surface area contributed by atoms with E-state index in [0.29, 0.717) is 15.7 Å². The van der Waals surface area contributed by atoms with Crippen LogP contribution in [0.4, 0.5) is 5.82 Å². The minimum Gasteiger partial charge on any atom is -0.383 e. The molecule has 0 radical (unpaired) electrons. The average Bonchev–Trinajstić information content (AvgIpc) is 2.61. The lowest BCUT2D eigenvalue weighted by Gasteiger charge is -2.08. The molecule has 17 heavy (non-hydrogen) atoms. The third-order valence-electron chi connectivity index (χ3n) is 2.22. The van der Waals surface area contributed by atoms with E-state index in [9.17, 15) is 4.79 Å². The summed E-state index contributed by atoms with van der Waals surface area (Å²) < 4.78 is 1.28. The maximum atomic E-state index is 11.1. The van der Waals surface area contributed by atoms with Crippen LogP contribution in [-0.2, 0) is 0 Å². The van der Waals surface area contributed by atoms with Gasteiger partial charge in [0, 0.05) is 0 Å². The molecule has 0 aliphatic carbocycles. The second-order valence-corrected chi connectivity index (χ2v) is 4.10. The van der Waals surface area contributed by atoms with Gasteiger partial charge >= 0.3 is 0 Å². The topological polar surface area (TPSA) is 86.9 Å². The van der Waals surface area contributed by atoms with Gasteiger partial charge in [-0.15, -0.1) is 0 Å². The number of aromatic nitrogens is 2. The number of nitrogens with two attached hydrogens (primary N) is 2. The Morgan fingerprint density at radius 1 is 1.29 bits per heavy atom. The number of carbonyl (C=O) groups excluding carboxylic acids is 1. The number of anilines is 1. The van der Waals surface area contributed by atoms with E-state index in [2.05, 4.69) is 5.10 Å². The molecule has 0 bridgehead atoms. The fraction of sp³-hybridized carbons (Fsp3) is 0. The second-order valence-electron chi connectivity index (χ2n) is 3.29. The normalized spacial score (nSPS) is 10.5. The van der Waals surface area contributed by atoms with Crippen molar-refractivity contribution in [3.8, 4) is 5.69 Å². The summed E-state index contributed by atoms with van der Waals surface area (Å²) >= 11 is 12.0. The SMILES string of the molecule is NC(=O)c1cnn(-c2c(Cl)cccc2Cl)c1N. The lowest BCUT2D eigenvalue weighted by Crippen LogP contribution is -2.13. The smallest absolute Gasteiger partial charge is 0.254 e. The van der Waals surface area contributed by atoms with Gasteiger partial charge in [-0.25, -0.2) is 4.68 Å². The Kier molecular flexibility index (Phi) is 2.95. The van der Waals surface area contributed by atoms with E-state index in [4.69, 9.17) is 34.7 Å². The number of nitrogens with zero attached hydrogens (tertiary/aromatic N) is 2. The third-order valence-corrected chi connectivity index (χ3v) is 2.83. The predicted molar refractivity (Wildman–Crippen MR) is 66.5 cm³/mol. The molecule has 88 valence electrons. The van der Waals surface area contributed by atoms with Crippen molar-refractivity contribution in [2.45, 2.75) is 0 Å². The van der Waals surface area contributed by atoms with Gasteiger partial charge in [-0.05, 0) is 12.1 Å². The van der Waals surface area contributed by atoms with E-state index in [1.165, 1.54) is 10.9 Å². The van der Waals surface area contributed by atoms with Gasteiger partial charge in [0.25, 0.3) is 5.91 Å². The third kappa shape index (κ3) is 1.94. The molecule has 1 heterocycles. The molecule has 1 aromatic heterocycles. The Bertz CT molecular complexity index is 574. The van der Waals surface area contributed by atoms with Crippen LogP contribution in [0.15, 0.2) is 24.4 Å². The first-order valence-corrected chi connectivity index (χ1v) is 5.35. The zero-order valence-electron chi connectivity index (χ0n) is 8.52. The van der Waals surface area contributed by atoms with E-state index in [-0.39, 0.29) is 11.4 Å². The van der Waals surface area contributed by atoms with Gasteiger partial charge in [-0.3, -0.25) is 4.79 Å². The standard InChI is InChI=1S/C10H8Cl2N4O/c11-6-2-1-3-7(12)8(6)16-9(13)5(4-15-16)10(14)17/h1-4H,13H2,(H2,14,17). The van der Waals surface area contributed by atoms with Gasteiger partial charge in [0.05, 0.1) is 16.2 Å². The quantitative estimate of drug-likeness (QED) is 0.873. The van der Waals surface area contributed by atoms with E-state index >= 15 is 0 Å². The predicted octanol–water partition coefficient (Wildman–Crippen LogP) is 1.86. The zero-order chi connectivity index (χ0) is 12.6. The lowest BCUT2D eigenvalue weighted by molar-refractivity contribution is 0.100. The van der Waals surface area contributed by atoms with Crippen molar-refractivity contribution in [1.82, 2.24) is 9.78 Å². The number of primary amides is 1. The van der Waals surface area contributed by atoms with Crippen LogP contribution in [0.2, 0.25) is 10.0 Å². The molecular weight excluding hydrogens is 263 g/mol. The Labute approximate surface area is 107 Å². The van der Waals surface area contributed by atoms with E-state index in [1.807, 2.05) is 0 Å². The molecule has 5 nitrogen and oxygen atoms in total. The number of carbonyl (C=O) groups is 1. The maximum Gasteiger partial charge on any atom is 0.254 e. The van der Waals surface area contributed by atoms with Crippen molar-refractivity contribution < 1.29 is 4.79 Å². The first-order valence-electron chi connectivity index (χ1n) is 4.60. The number of hydrogen-bond donors (Lipinski definition) is 2. The highest BCUT2D eigenvalue weighted by Crippen LogP contribution is 2.30. The Morgan fingerprint density at radius 2 is 1.88 bits per heavy atom. The minimum atomic E-state index is -0.656. The second kappa shape index (κ2) is 4.27. The number of hydrogen-bond acceptors (Lipinski definition) is 3. The largest absolute Gasteiger partial charge is 0.383 e. The summed E-state index contributed by atoms with van der Waals surface area (Å²) in [7, 11) is 0. The molecule has 0 atom stereocenters. The van der Waals surface area contributed by atoms with Gasteiger partial charge in [-0.2, -0.15) is 5.10 Å². The molecule has 0 saturated heterocycles. The van der Waals surface area contributed by atoms with Gasteiger partial charge in [0.1, 0.15) is 17.1 Å². The van der Waals surface area contributed by atoms with Crippen LogP contribution in [0.25, 0.3) is 5.69 Å². The minimum absolute atomic E-state index is 0.104. The molecule has 0 fully saturated rings. The monoisotopic (exact) mass is 270 g/mol. The zero-order valence-corrected chi connectivity index (χ0v) is 10.0. The highest BCUT2D eigenvalue weighted by molar-refractivity contribution is 6.37. The average molecular weight is 271 g/mol. The molecule has 4 N–H and O–H groups in total. The van der Waals surface area contributed by atoms with Crippen molar-refractivity contribution in [2.24, 2.45) is 5.73 Å². The summed E-state index contributed by atoms with van der Waals surface area (Å²) in [6.07, 6.45) is 1.28. The van der Waals surface area contributed by atoms with Crippen molar-refractivity contribution in [3.63, 3.8) is 0 Å². The molecule has 0 spiro atoms. The highest BCUT2D eigenvalue weighted by atomic mass is 35.5. The first-order chi connectivity index (χ1) is 8.02. The first kappa shape index (κ1) is 11.8.